The van der Waals surface area contributed by atoms with Crippen LogP contribution in [-0.4, -0.2) is 5.91 Å². The van der Waals surface area contributed by atoms with E-state index in [0.717, 1.165) is 15.7 Å². The number of hydrogen-bond acceptors (Lipinski definition) is 2. The number of nitrogens with one attached hydrogen (secondary N) is 1. The lowest BCUT2D eigenvalue weighted by Gasteiger charge is -2.09. The Bertz CT molecular complexity index is 423. The number of rotatable bonds is 2. The molecule has 1 aromatic carbocycles. The van der Waals surface area contributed by atoms with E-state index in [9.17, 15) is 4.79 Å². The van der Waals surface area contributed by atoms with Gasteiger partial charge in [-0.05, 0) is 31.5 Å². The minimum absolute atomic E-state index is 0.279. The third-order valence-corrected chi connectivity index (χ3v) is 2.54. The van der Waals surface area contributed by atoms with Crippen molar-refractivity contribution in [2.24, 2.45) is 5.92 Å². The molecule has 3 nitrogen and oxygen atoms in total. The van der Waals surface area contributed by atoms with Crippen molar-refractivity contribution < 1.29 is 4.79 Å². The molecule has 0 heterocycles. The Kier molecular flexibility index (Phi) is 3.87. The zero-order valence-electron chi connectivity index (χ0n) is 8.54. The van der Waals surface area contributed by atoms with Crippen LogP contribution in [0.3, 0.4) is 0 Å². The molecule has 0 radical (unpaired) electrons. The van der Waals surface area contributed by atoms with Gasteiger partial charge in [-0.2, -0.15) is 5.26 Å². The van der Waals surface area contributed by atoms with Crippen molar-refractivity contribution in [3.63, 3.8) is 0 Å². The highest BCUT2D eigenvalue weighted by Gasteiger charge is 2.12. The van der Waals surface area contributed by atoms with E-state index >= 15 is 0 Å². The summed E-state index contributed by atoms with van der Waals surface area (Å²) in [5.41, 5.74) is 1.70. The summed E-state index contributed by atoms with van der Waals surface area (Å²) in [5, 5.41) is 11.3. The second kappa shape index (κ2) is 4.94. The number of halogens is 1. The second-order valence-electron chi connectivity index (χ2n) is 3.30. The van der Waals surface area contributed by atoms with E-state index in [-0.39, 0.29) is 5.91 Å². The van der Waals surface area contributed by atoms with Gasteiger partial charge < -0.3 is 5.32 Å². The van der Waals surface area contributed by atoms with E-state index in [4.69, 9.17) is 5.26 Å². The molecule has 0 aromatic heterocycles. The summed E-state index contributed by atoms with van der Waals surface area (Å²) in [5.74, 6) is -0.915. The van der Waals surface area contributed by atoms with E-state index in [1.165, 1.54) is 0 Å². The van der Waals surface area contributed by atoms with Gasteiger partial charge in [-0.15, -0.1) is 0 Å². The van der Waals surface area contributed by atoms with E-state index in [1.807, 2.05) is 31.2 Å². The van der Waals surface area contributed by atoms with Crippen LogP contribution in [0.25, 0.3) is 0 Å². The summed E-state index contributed by atoms with van der Waals surface area (Å²) >= 11 is 3.32. The molecule has 0 fully saturated rings. The molecule has 0 aliphatic rings. The van der Waals surface area contributed by atoms with Crippen molar-refractivity contribution in [2.75, 3.05) is 5.32 Å². The van der Waals surface area contributed by atoms with Crippen molar-refractivity contribution in [1.82, 2.24) is 0 Å². The topological polar surface area (TPSA) is 52.9 Å². The largest absolute Gasteiger partial charge is 0.325 e. The monoisotopic (exact) mass is 266 g/mol. The Hall–Kier alpha value is -1.34. The third-order valence-electron chi connectivity index (χ3n) is 2.04. The van der Waals surface area contributed by atoms with E-state index in [0.29, 0.717) is 0 Å². The number of aryl methyl sites for hydroxylation is 1. The number of carbonyl (C=O) groups excluding carboxylic acids is 1. The highest BCUT2D eigenvalue weighted by atomic mass is 79.9. The van der Waals surface area contributed by atoms with Crippen LogP contribution in [0, 0.1) is 24.2 Å². The molecule has 1 atom stereocenters. The first-order valence-electron chi connectivity index (χ1n) is 4.51. The number of amides is 1. The van der Waals surface area contributed by atoms with Crippen LogP contribution >= 0.6 is 15.9 Å². The van der Waals surface area contributed by atoms with Gasteiger partial charge in [-0.1, -0.05) is 22.0 Å². The number of anilines is 1. The molecule has 15 heavy (non-hydrogen) atoms. The van der Waals surface area contributed by atoms with E-state index in [1.54, 1.807) is 6.92 Å². The zero-order valence-corrected chi connectivity index (χ0v) is 10.1. The maximum absolute atomic E-state index is 11.5. The van der Waals surface area contributed by atoms with Gasteiger partial charge in [0.25, 0.3) is 0 Å². The van der Waals surface area contributed by atoms with Crippen LogP contribution in [0.4, 0.5) is 5.69 Å². The molecule has 0 aliphatic carbocycles. The summed E-state index contributed by atoms with van der Waals surface area (Å²) in [4.78, 5) is 11.5. The number of nitrogens with zero attached hydrogens (tertiary/aromatic N) is 1. The van der Waals surface area contributed by atoms with Crippen LogP contribution in [0.15, 0.2) is 22.7 Å². The molecule has 0 spiro atoms. The van der Waals surface area contributed by atoms with Gasteiger partial charge in [0, 0.05) is 10.2 Å². The minimum Gasteiger partial charge on any atom is -0.325 e. The average molecular weight is 267 g/mol. The Morgan fingerprint density at radius 2 is 2.27 bits per heavy atom. The van der Waals surface area contributed by atoms with Crippen LogP contribution < -0.4 is 5.32 Å². The molecular weight excluding hydrogens is 256 g/mol. The van der Waals surface area contributed by atoms with Crippen molar-refractivity contribution >= 4 is 27.5 Å². The van der Waals surface area contributed by atoms with Gasteiger partial charge in [-0.25, -0.2) is 0 Å². The molecule has 0 saturated carbocycles. The lowest BCUT2D eigenvalue weighted by molar-refractivity contribution is -0.117. The maximum atomic E-state index is 11.5. The van der Waals surface area contributed by atoms with Gasteiger partial charge in [0.1, 0.15) is 5.92 Å². The molecule has 1 aromatic rings. The second-order valence-corrected chi connectivity index (χ2v) is 4.21. The van der Waals surface area contributed by atoms with Crippen molar-refractivity contribution in [2.45, 2.75) is 13.8 Å². The maximum Gasteiger partial charge on any atom is 0.241 e. The molecule has 0 saturated heterocycles. The highest BCUT2D eigenvalue weighted by Crippen LogP contribution is 2.21. The van der Waals surface area contributed by atoms with Crippen molar-refractivity contribution in [3.05, 3.63) is 28.2 Å². The van der Waals surface area contributed by atoms with E-state index in [2.05, 4.69) is 21.2 Å². The molecule has 4 heteroatoms. The first-order chi connectivity index (χ1) is 7.04. The minimum atomic E-state index is -0.636. The number of nitriles is 1. The summed E-state index contributed by atoms with van der Waals surface area (Å²) in [6, 6.07) is 7.51. The predicted molar refractivity (Wildman–Crippen MR) is 62.3 cm³/mol. The summed E-state index contributed by atoms with van der Waals surface area (Å²) < 4.78 is 0.896. The molecule has 0 bridgehead atoms. The van der Waals surface area contributed by atoms with Crippen molar-refractivity contribution in [3.8, 4) is 6.07 Å². The van der Waals surface area contributed by atoms with E-state index < -0.39 is 5.92 Å². The average Bonchev–Trinajstić information content (AvgIpc) is 2.22. The predicted octanol–water partition coefficient (Wildman–Crippen LogP) is 2.86. The Labute approximate surface area is 97.2 Å². The molecule has 1 unspecified atom stereocenters. The molecule has 1 rings (SSSR count). The quantitative estimate of drug-likeness (QED) is 0.895. The first kappa shape index (κ1) is 11.7. The van der Waals surface area contributed by atoms with Crippen molar-refractivity contribution in [1.29, 1.82) is 5.26 Å². The highest BCUT2D eigenvalue weighted by molar-refractivity contribution is 9.10. The van der Waals surface area contributed by atoms with Crippen LogP contribution in [0.2, 0.25) is 0 Å². The number of carbonyl (C=O) groups is 1. The molecule has 0 aliphatic heterocycles. The van der Waals surface area contributed by atoms with Gasteiger partial charge in [0.15, 0.2) is 0 Å². The van der Waals surface area contributed by atoms with Gasteiger partial charge in [0.2, 0.25) is 5.91 Å². The fourth-order valence-corrected chi connectivity index (χ4v) is 1.39. The van der Waals surface area contributed by atoms with Crippen LogP contribution in [0.5, 0.6) is 0 Å². The summed E-state index contributed by atoms with van der Waals surface area (Å²) in [6.07, 6.45) is 0. The third kappa shape index (κ3) is 3.07. The fraction of sp³-hybridized carbons (Fsp3) is 0.273. The molecular formula is C11H11BrN2O. The lowest BCUT2D eigenvalue weighted by atomic mass is 10.1. The number of hydrogen-bond donors (Lipinski definition) is 1. The SMILES string of the molecule is Cc1ccc(Br)cc1NC(=O)C(C)C#N. The van der Waals surface area contributed by atoms with Gasteiger partial charge >= 0.3 is 0 Å². The fourth-order valence-electron chi connectivity index (χ4n) is 1.03. The standard InChI is InChI=1S/C11H11BrN2O/c1-7-3-4-9(12)5-10(7)14-11(15)8(2)6-13/h3-5,8H,1-2H3,(H,14,15). The Morgan fingerprint density at radius 3 is 2.87 bits per heavy atom. The molecule has 78 valence electrons. The van der Waals surface area contributed by atoms with Gasteiger partial charge in [0.05, 0.1) is 6.07 Å². The smallest absolute Gasteiger partial charge is 0.241 e. The Balaban J connectivity index is 2.86. The first-order valence-corrected chi connectivity index (χ1v) is 5.30. The van der Waals surface area contributed by atoms with Crippen LogP contribution in [-0.2, 0) is 4.79 Å². The summed E-state index contributed by atoms with van der Waals surface area (Å²) in [7, 11) is 0. The molecule has 1 N–H and O–H groups in total. The molecule has 1 amide bonds. The normalized spacial score (nSPS) is 11.6. The Morgan fingerprint density at radius 1 is 1.60 bits per heavy atom. The van der Waals surface area contributed by atoms with Gasteiger partial charge in [-0.3, -0.25) is 4.79 Å². The summed E-state index contributed by atoms with van der Waals surface area (Å²) in [6.45, 7) is 3.47. The zero-order chi connectivity index (χ0) is 11.4. The number of benzene rings is 1. The van der Waals surface area contributed by atoms with Crippen LogP contribution in [0.1, 0.15) is 12.5 Å². The lowest BCUT2D eigenvalue weighted by Crippen LogP contribution is -2.19.